The zero-order chi connectivity index (χ0) is 20.0. The Labute approximate surface area is 168 Å². The maximum absolute atomic E-state index is 12.8. The van der Waals surface area contributed by atoms with Crippen molar-refractivity contribution in [2.24, 2.45) is 0 Å². The summed E-state index contributed by atoms with van der Waals surface area (Å²) in [5.74, 6) is -0.669. The average molecular weight is 417 g/mol. The lowest BCUT2D eigenvalue weighted by Gasteiger charge is -2.21. The van der Waals surface area contributed by atoms with Crippen LogP contribution in [0, 0.1) is 0 Å². The van der Waals surface area contributed by atoms with Gasteiger partial charge in [-0.15, -0.1) is 11.3 Å². The van der Waals surface area contributed by atoms with Crippen molar-refractivity contribution in [3.63, 3.8) is 0 Å². The number of sulfonamides is 1. The van der Waals surface area contributed by atoms with Gasteiger partial charge in [-0.2, -0.15) is 0 Å². The van der Waals surface area contributed by atoms with Crippen LogP contribution >= 0.6 is 11.3 Å². The third-order valence-corrected chi connectivity index (χ3v) is 6.57. The molecule has 2 aromatic carbocycles. The minimum atomic E-state index is -3.88. The minimum absolute atomic E-state index is 0.0577. The number of thiophene rings is 1. The normalized spacial score (nSPS) is 12.3. The number of nitrogens with one attached hydrogen (secondary N) is 2. The van der Waals surface area contributed by atoms with E-state index in [2.05, 4.69) is 14.8 Å². The van der Waals surface area contributed by atoms with E-state index in [9.17, 15) is 13.2 Å². The molecule has 1 unspecified atom stereocenters. The predicted octanol–water partition coefficient (Wildman–Crippen LogP) is 3.67. The van der Waals surface area contributed by atoms with E-state index in [-0.39, 0.29) is 22.4 Å². The molecule has 0 aliphatic heterocycles. The summed E-state index contributed by atoms with van der Waals surface area (Å²) in [5.41, 5.74) is 1.81. The monoisotopic (exact) mass is 416 g/mol. The van der Waals surface area contributed by atoms with Gasteiger partial charge in [0.1, 0.15) is 9.77 Å². The van der Waals surface area contributed by atoms with Crippen molar-refractivity contribution in [3.8, 4) is 0 Å². The summed E-state index contributed by atoms with van der Waals surface area (Å²) in [5, 5.41) is 4.90. The fraction of sp³-hybridized carbons (Fsp3) is 0.150. The lowest BCUT2D eigenvalue weighted by atomic mass is 10.1. The first-order valence-corrected chi connectivity index (χ1v) is 10.9. The summed E-state index contributed by atoms with van der Waals surface area (Å²) in [6, 6.07) is 20.2. The average Bonchev–Trinajstić information content (AvgIpc) is 3.23. The van der Waals surface area contributed by atoms with Crippen molar-refractivity contribution in [1.82, 2.24) is 4.72 Å². The number of ether oxygens (including phenoxy) is 1. The van der Waals surface area contributed by atoms with Gasteiger partial charge >= 0.3 is 5.97 Å². The smallest absolute Gasteiger partial charge is 0.349 e. The van der Waals surface area contributed by atoms with Crippen LogP contribution < -0.4 is 10.0 Å². The Kier molecular flexibility index (Phi) is 6.45. The van der Waals surface area contributed by atoms with Crippen LogP contribution in [0.15, 0.2) is 77.0 Å². The zero-order valence-corrected chi connectivity index (χ0v) is 16.8. The molecule has 0 amide bonds. The van der Waals surface area contributed by atoms with Gasteiger partial charge in [0.25, 0.3) is 0 Å². The molecule has 1 heterocycles. The number of esters is 1. The summed E-state index contributed by atoms with van der Waals surface area (Å²) in [7, 11) is -2.66. The lowest BCUT2D eigenvalue weighted by Crippen LogP contribution is -2.32. The number of methoxy groups -OCH3 is 1. The molecule has 3 aromatic rings. The maximum Gasteiger partial charge on any atom is 0.349 e. The number of carbonyl (C=O) groups is 1. The van der Waals surface area contributed by atoms with Crippen LogP contribution in [0.5, 0.6) is 0 Å². The molecule has 3 rings (SSSR count). The quantitative estimate of drug-likeness (QED) is 0.548. The van der Waals surface area contributed by atoms with Crippen LogP contribution in [0.1, 0.15) is 21.3 Å². The first-order chi connectivity index (χ1) is 13.5. The first kappa shape index (κ1) is 20.1. The Balaban J connectivity index is 1.81. The number of para-hydroxylation sites is 1. The van der Waals surface area contributed by atoms with Gasteiger partial charge in [-0.1, -0.05) is 48.5 Å². The number of carbonyl (C=O) groups excluding carboxylic acids is 1. The summed E-state index contributed by atoms with van der Waals surface area (Å²) >= 11 is 1.03. The molecular weight excluding hydrogens is 396 g/mol. The van der Waals surface area contributed by atoms with Gasteiger partial charge in [0.05, 0.1) is 13.2 Å². The van der Waals surface area contributed by atoms with Crippen LogP contribution in [-0.4, -0.2) is 28.0 Å². The summed E-state index contributed by atoms with van der Waals surface area (Å²) in [6.07, 6.45) is 0. The van der Waals surface area contributed by atoms with E-state index < -0.39 is 16.0 Å². The molecule has 6 nitrogen and oxygen atoms in total. The third kappa shape index (κ3) is 4.78. The van der Waals surface area contributed by atoms with Crippen LogP contribution in [0.4, 0.5) is 5.69 Å². The van der Waals surface area contributed by atoms with E-state index in [1.807, 2.05) is 60.7 Å². The molecule has 1 atom stereocenters. The highest BCUT2D eigenvalue weighted by atomic mass is 32.2. The molecule has 8 heteroatoms. The van der Waals surface area contributed by atoms with Crippen molar-refractivity contribution in [1.29, 1.82) is 0 Å². The summed E-state index contributed by atoms with van der Waals surface area (Å²) < 4.78 is 32.8. The SMILES string of the molecule is COC(=O)c1sccc1S(=O)(=O)NCC(Nc1ccccc1)c1ccccc1. The molecule has 1 aromatic heterocycles. The van der Waals surface area contributed by atoms with Gasteiger partial charge in [0.2, 0.25) is 10.0 Å². The zero-order valence-electron chi connectivity index (χ0n) is 15.2. The fourth-order valence-corrected chi connectivity index (χ4v) is 5.07. The second kappa shape index (κ2) is 9.01. The van der Waals surface area contributed by atoms with Crippen LogP contribution in [0.25, 0.3) is 0 Å². The van der Waals surface area contributed by atoms with Gasteiger partial charge in [-0.05, 0) is 29.1 Å². The number of anilines is 1. The Morgan fingerprint density at radius 2 is 1.68 bits per heavy atom. The van der Waals surface area contributed by atoms with E-state index in [1.165, 1.54) is 13.2 Å². The molecule has 0 bridgehead atoms. The molecule has 2 N–H and O–H groups in total. The molecular formula is C20H20N2O4S2. The molecule has 146 valence electrons. The first-order valence-electron chi connectivity index (χ1n) is 8.53. The molecule has 0 saturated heterocycles. The second-order valence-corrected chi connectivity index (χ2v) is 8.58. The molecule has 0 aliphatic carbocycles. The van der Waals surface area contributed by atoms with E-state index >= 15 is 0 Å². The lowest BCUT2D eigenvalue weighted by molar-refractivity contribution is 0.0602. The van der Waals surface area contributed by atoms with Gasteiger partial charge in [0.15, 0.2) is 0 Å². The standard InChI is InChI=1S/C20H20N2O4S2/c1-26-20(23)19-18(12-13-27-19)28(24,25)21-14-17(15-8-4-2-5-9-15)22-16-10-6-3-7-11-16/h2-13,17,21-22H,14H2,1H3. The largest absolute Gasteiger partial charge is 0.465 e. The summed E-state index contributed by atoms with van der Waals surface area (Å²) in [6.45, 7) is 0.109. The van der Waals surface area contributed by atoms with Crippen LogP contribution in [0.2, 0.25) is 0 Å². The number of benzene rings is 2. The third-order valence-electron chi connectivity index (χ3n) is 4.08. The number of hydrogen-bond donors (Lipinski definition) is 2. The Morgan fingerprint density at radius 1 is 1.04 bits per heavy atom. The van der Waals surface area contributed by atoms with Crippen molar-refractivity contribution in [2.45, 2.75) is 10.9 Å². The topological polar surface area (TPSA) is 84.5 Å². The highest BCUT2D eigenvalue weighted by molar-refractivity contribution is 7.89. The summed E-state index contributed by atoms with van der Waals surface area (Å²) in [4.78, 5) is 11.8. The number of rotatable bonds is 8. The minimum Gasteiger partial charge on any atom is -0.465 e. The molecule has 0 fully saturated rings. The molecule has 28 heavy (non-hydrogen) atoms. The van der Waals surface area contributed by atoms with Crippen molar-refractivity contribution in [3.05, 3.63) is 82.6 Å². The maximum atomic E-state index is 12.8. The van der Waals surface area contributed by atoms with Crippen molar-refractivity contribution < 1.29 is 17.9 Å². The van der Waals surface area contributed by atoms with E-state index in [0.29, 0.717) is 0 Å². The molecule has 0 aliphatic rings. The Hall–Kier alpha value is -2.68. The molecule has 0 spiro atoms. The van der Waals surface area contributed by atoms with Gasteiger partial charge in [-0.25, -0.2) is 17.9 Å². The highest BCUT2D eigenvalue weighted by Gasteiger charge is 2.25. The molecule has 0 radical (unpaired) electrons. The van der Waals surface area contributed by atoms with Gasteiger partial charge < -0.3 is 10.1 Å². The van der Waals surface area contributed by atoms with E-state index in [1.54, 1.807) is 5.38 Å². The fourth-order valence-electron chi connectivity index (χ4n) is 2.69. The van der Waals surface area contributed by atoms with Crippen LogP contribution in [-0.2, 0) is 14.8 Å². The Bertz CT molecular complexity index is 1020. The predicted molar refractivity (Wildman–Crippen MR) is 110 cm³/mol. The number of hydrogen-bond acceptors (Lipinski definition) is 6. The van der Waals surface area contributed by atoms with Crippen LogP contribution in [0.3, 0.4) is 0 Å². The van der Waals surface area contributed by atoms with E-state index in [4.69, 9.17) is 0 Å². The highest BCUT2D eigenvalue weighted by Crippen LogP contribution is 2.24. The Morgan fingerprint density at radius 3 is 2.32 bits per heavy atom. The molecule has 0 saturated carbocycles. The van der Waals surface area contributed by atoms with Crippen molar-refractivity contribution >= 4 is 33.0 Å². The van der Waals surface area contributed by atoms with Gasteiger partial charge in [0, 0.05) is 12.2 Å². The van der Waals surface area contributed by atoms with E-state index in [0.717, 1.165) is 22.6 Å². The second-order valence-electron chi connectivity index (χ2n) is 5.93. The van der Waals surface area contributed by atoms with Crippen molar-refractivity contribution in [2.75, 3.05) is 19.0 Å². The van der Waals surface area contributed by atoms with Gasteiger partial charge in [-0.3, -0.25) is 0 Å².